The van der Waals surface area contributed by atoms with E-state index in [0.29, 0.717) is 12.8 Å². The number of carbonyl (C=O) groups excluding carboxylic acids is 1. The summed E-state index contributed by atoms with van der Waals surface area (Å²) < 4.78 is 5.29. The zero-order chi connectivity index (χ0) is 25.5. The average molecular weight is 472 g/mol. The van der Waals surface area contributed by atoms with Crippen LogP contribution >= 0.6 is 0 Å². The van der Waals surface area contributed by atoms with Crippen LogP contribution in [0.1, 0.15) is 85.5 Å². The highest BCUT2D eigenvalue weighted by atomic mass is 16.6. The third-order valence-corrected chi connectivity index (χ3v) is 4.62. The van der Waals surface area contributed by atoms with Crippen LogP contribution in [0.3, 0.4) is 0 Å². The molecule has 0 saturated carbocycles. The van der Waals surface area contributed by atoms with Gasteiger partial charge in [0, 0.05) is 10.8 Å². The first-order valence-electron chi connectivity index (χ1n) is 12.5. The number of rotatable bonds is 18. The van der Waals surface area contributed by atoms with E-state index in [9.17, 15) is 14.9 Å². The first kappa shape index (κ1) is 31.3. The predicted molar refractivity (Wildman–Crippen MR) is 143 cm³/mol. The van der Waals surface area contributed by atoms with Gasteiger partial charge in [-0.25, -0.2) is 0 Å². The van der Waals surface area contributed by atoms with Crippen molar-refractivity contribution in [2.75, 3.05) is 6.54 Å². The molecule has 0 aromatic rings. The van der Waals surface area contributed by atoms with Crippen molar-refractivity contribution in [3.05, 3.63) is 83.0 Å². The van der Waals surface area contributed by atoms with Crippen molar-refractivity contribution < 1.29 is 14.5 Å². The third-order valence-electron chi connectivity index (χ3n) is 4.62. The lowest BCUT2D eigenvalue weighted by Gasteiger charge is -2.21. The van der Waals surface area contributed by atoms with Gasteiger partial charge in [0.15, 0.2) is 0 Å². The molecular weight excluding hydrogens is 426 g/mol. The van der Waals surface area contributed by atoms with E-state index in [1.54, 1.807) is 20.8 Å². The Bertz CT molecular complexity index is 721. The highest BCUT2D eigenvalue weighted by Gasteiger charge is 2.23. The summed E-state index contributed by atoms with van der Waals surface area (Å²) in [6.45, 7) is 7.32. The number of nitrogens with zero attached hydrogens (tertiary/aromatic N) is 1. The van der Waals surface area contributed by atoms with E-state index in [1.807, 2.05) is 6.08 Å². The van der Waals surface area contributed by atoms with E-state index in [1.165, 1.54) is 0 Å². The molecule has 0 rings (SSSR count). The van der Waals surface area contributed by atoms with Crippen molar-refractivity contribution in [1.29, 1.82) is 0 Å². The van der Waals surface area contributed by atoms with Crippen LogP contribution in [0.5, 0.6) is 0 Å². The molecule has 0 saturated heterocycles. The number of carbonyl (C=O) groups is 1. The highest BCUT2D eigenvalue weighted by molar-refractivity contribution is 5.70. The maximum absolute atomic E-state index is 12.0. The second-order valence-corrected chi connectivity index (χ2v) is 9.16. The molecule has 0 aliphatic carbocycles. The van der Waals surface area contributed by atoms with Crippen LogP contribution in [-0.4, -0.2) is 23.0 Å². The van der Waals surface area contributed by atoms with Crippen LogP contribution in [0.2, 0.25) is 0 Å². The van der Waals surface area contributed by atoms with Crippen LogP contribution in [0.15, 0.2) is 72.9 Å². The predicted octanol–water partition coefficient (Wildman–Crippen LogP) is 8.09. The highest BCUT2D eigenvalue weighted by Crippen LogP contribution is 2.16. The summed E-state index contributed by atoms with van der Waals surface area (Å²) in [5.41, 5.74) is -0.572. The Labute approximate surface area is 207 Å². The molecule has 0 bridgehead atoms. The molecule has 190 valence electrons. The van der Waals surface area contributed by atoms with Crippen molar-refractivity contribution in [3.8, 4) is 0 Å². The summed E-state index contributed by atoms with van der Waals surface area (Å²) in [4.78, 5) is 22.5. The zero-order valence-electron chi connectivity index (χ0n) is 21.7. The topological polar surface area (TPSA) is 69.4 Å². The van der Waals surface area contributed by atoms with Crippen LogP contribution in [-0.2, 0) is 9.53 Å². The van der Waals surface area contributed by atoms with Gasteiger partial charge in [-0.3, -0.25) is 14.9 Å². The largest absolute Gasteiger partial charge is 0.460 e. The molecule has 0 radical (unpaired) electrons. The Morgan fingerprint density at radius 3 is 1.59 bits per heavy atom. The van der Waals surface area contributed by atoms with Gasteiger partial charge in [-0.15, -0.1) is 0 Å². The van der Waals surface area contributed by atoms with Gasteiger partial charge < -0.3 is 4.74 Å². The third kappa shape index (κ3) is 24.0. The lowest BCUT2D eigenvalue weighted by atomic mass is 9.99. The van der Waals surface area contributed by atoms with Crippen LogP contribution in [0, 0.1) is 16.0 Å². The quantitative estimate of drug-likeness (QED) is 0.0876. The summed E-state index contributed by atoms with van der Waals surface area (Å²) in [5.74, 6) is -0.676. The number of nitro groups is 1. The molecule has 1 atom stereocenters. The van der Waals surface area contributed by atoms with Gasteiger partial charge in [0.25, 0.3) is 0 Å². The molecule has 0 fully saturated rings. The van der Waals surface area contributed by atoms with E-state index in [0.717, 1.165) is 38.5 Å². The molecule has 1 unspecified atom stereocenters. The Morgan fingerprint density at radius 2 is 1.21 bits per heavy atom. The van der Waals surface area contributed by atoms with E-state index >= 15 is 0 Å². The van der Waals surface area contributed by atoms with Gasteiger partial charge >= 0.3 is 5.97 Å². The number of hydrogen-bond donors (Lipinski definition) is 0. The minimum atomic E-state index is -0.572. The minimum Gasteiger partial charge on any atom is -0.460 e. The van der Waals surface area contributed by atoms with Gasteiger partial charge in [-0.1, -0.05) is 79.8 Å². The molecule has 0 N–H and O–H groups in total. The summed E-state index contributed by atoms with van der Waals surface area (Å²) >= 11 is 0. The number of allylic oxidation sites excluding steroid dienone is 12. The van der Waals surface area contributed by atoms with E-state index in [2.05, 4.69) is 73.8 Å². The molecular formula is C29H45NO4. The SMILES string of the molecule is CCC=CCC=CCC=CCC=CCC=CCC=CCCC(CC(=O)OC(C)(C)C)C[N+](=O)[O-]. The molecule has 0 heterocycles. The lowest BCUT2D eigenvalue weighted by Crippen LogP contribution is -2.27. The van der Waals surface area contributed by atoms with Gasteiger partial charge in [-0.05, 0) is 72.1 Å². The normalized spacial score (nSPS) is 14.0. The Balaban J connectivity index is 3.99. The van der Waals surface area contributed by atoms with Crippen molar-refractivity contribution in [2.45, 2.75) is 91.1 Å². The maximum atomic E-state index is 12.0. The molecule has 0 spiro atoms. The Hall–Kier alpha value is -2.69. The van der Waals surface area contributed by atoms with Crippen molar-refractivity contribution in [3.63, 3.8) is 0 Å². The smallest absolute Gasteiger partial charge is 0.306 e. The molecule has 0 amide bonds. The molecule has 0 aromatic carbocycles. The standard InChI is InChI=1S/C29H45NO4/c1-5-6-7-8-9-10-11-12-13-14-15-16-17-18-19-20-21-22-23-24-27(26-30(32)33)25-28(31)34-29(2,3)4/h6-7,9-10,12-13,15-16,18-19,21-22,27H,5,8,11,14,17,20,23-26H2,1-4H3. The fourth-order valence-electron chi connectivity index (χ4n) is 3.06. The van der Waals surface area contributed by atoms with Gasteiger partial charge in [-0.2, -0.15) is 0 Å². The second kappa shape index (κ2) is 20.9. The van der Waals surface area contributed by atoms with E-state index in [-0.39, 0.29) is 29.8 Å². The lowest BCUT2D eigenvalue weighted by molar-refractivity contribution is -0.488. The molecule has 34 heavy (non-hydrogen) atoms. The minimum absolute atomic E-state index is 0.0842. The molecule has 5 heteroatoms. The van der Waals surface area contributed by atoms with Gasteiger partial charge in [0.05, 0.1) is 6.42 Å². The van der Waals surface area contributed by atoms with Crippen molar-refractivity contribution >= 4 is 5.97 Å². The van der Waals surface area contributed by atoms with Crippen LogP contribution in [0.4, 0.5) is 0 Å². The first-order valence-corrected chi connectivity index (χ1v) is 12.5. The number of hydrogen-bond acceptors (Lipinski definition) is 4. The maximum Gasteiger partial charge on any atom is 0.306 e. The molecule has 0 aliphatic rings. The summed E-state index contributed by atoms with van der Waals surface area (Å²) in [6, 6.07) is 0. The van der Waals surface area contributed by atoms with Crippen LogP contribution < -0.4 is 0 Å². The van der Waals surface area contributed by atoms with E-state index < -0.39 is 5.60 Å². The second-order valence-electron chi connectivity index (χ2n) is 9.16. The average Bonchev–Trinajstić information content (AvgIpc) is 2.73. The van der Waals surface area contributed by atoms with Crippen molar-refractivity contribution in [1.82, 2.24) is 0 Å². The van der Waals surface area contributed by atoms with Crippen LogP contribution in [0.25, 0.3) is 0 Å². The summed E-state index contributed by atoms with van der Waals surface area (Å²) in [7, 11) is 0. The summed E-state index contributed by atoms with van der Waals surface area (Å²) in [5, 5.41) is 10.9. The first-order chi connectivity index (χ1) is 16.2. The molecule has 5 nitrogen and oxygen atoms in total. The van der Waals surface area contributed by atoms with Gasteiger partial charge in [0.2, 0.25) is 6.54 Å². The van der Waals surface area contributed by atoms with Gasteiger partial charge in [0.1, 0.15) is 5.60 Å². The molecule has 0 aromatic heterocycles. The fraction of sp³-hybridized carbons (Fsp3) is 0.552. The molecule has 0 aliphatic heterocycles. The fourth-order valence-corrected chi connectivity index (χ4v) is 3.06. The summed E-state index contributed by atoms with van der Waals surface area (Å²) in [6.07, 6.45) is 33.0. The Kier molecular flexibility index (Phi) is 19.2. The van der Waals surface area contributed by atoms with Crippen molar-refractivity contribution in [2.24, 2.45) is 5.92 Å². The number of esters is 1. The number of ether oxygens (including phenoxy) is 1. The van der Waals surface area contributed by atoms with E-state index in [4.69, 9.17) is 4.74 Å². The zero-order valence-corrected chi connectivity index (χ0v) is 21.7. The Morgan fingerprint density at radius 1 is 0.794 bits per heavy atom. The monoisotopic (exact) mass is 471 g/mol.